The summed E-state index contributed by atoms with van der Waals surface area (Å²) < 4.78 is 99.1. The third-order valence-corrected chi connectivity index (χ3v) is 17.7. The lowest BCUT2D eigenvalue weighted by Crippen LogP contribution is -2.41. The zero-order valence-electron chi connectivity index (χ0n) is 51.3. The smallest absolute Gasteiger partial charge is 0.399 e. The van der Waals surface area contributed by atoms with Gasteiger partial charge in [0.2, 0.25) is 11.8 Å². The molecule has 0 bridgehead atoms. The molecule has 18 nitrogen and oxygen atoms in total. The van der Waals surface area contributed by atoms with Crippen LogP contribution in [0.5, 0.6) is 0 Å². The largest absolute Gasteiger partial charge is 0.495 e. The number of aryl methyl sites for hydroxylation is 2. The highest BCUT2D eigenvalue weighted by Gasteiger charge is 2.52. The number of halogens is 7. The summed E-state index contributed by atoms with van der Waals surface area (Å²) in [4.78, 5) is 70.2. The monoisotopic (exact) mass is 1250 g/mol. The second-order valence-electron chi connectivity index (χ2n) is 25.3. The molecule has 0 unspecified atom stereocenters. The number of rotatable bonds is 10. The van der Waals surface area contributed by atoms with Crippen molar-refractivity contribution in [2.24, 2.45) is 23.7 Å². The topological polar surface area (TPSA) is 174 Å². The molecule has 4 aromatic rings. The van der Waals surface area contributed by atoms with E-state index in [1.165, 1.54) is 9.80 Å². The van der Waals surface area contributed by atoms with Crippen LogP contribution in [0.1, 0.15) is 91.2 Å². The number of hydrogen-bond donors (Lipinski definition) is 2. The summed E-state index contributed by atoms with van der Waals surface area (Å²) in [6, 6.07) is 17.7. The molecule has 0 radical (unpaired) electrons. The van der Waals surface area contributed by atoms with Gasteiger partial charge in [0, 0.05) is 108 Å². The summed E-state index contributed by atoms with van der Waals surface area (Å²) in [5, 5.41) is 6.27. The number of carbonyl (C=O) groups excluding carboxylic acids is 4. The number of pyridine rings is 2. The predicted molar refractivity (Wildman–Crippen MR) is 328 cm³/mol. The molecule has 11 rings (SSSR count). The predicted octanol–water partition coefficient (Wildman–Crippen LogP) is 11.1. The second-order valence-corrected chi connectivity index (χ2v) is 25.7. The van der Waals surface area contributed by atoms with E-state index in [-0.39, 0.29) is 30.8 Å². The van der Waals surface area contributed by atoms with Crippen molar-refractivity contribution in [1.29, 1.82) is 0 Å². The molecule has 26 heteroatoms. The SMILES string of the molecule is C[C@@H]1CC(=O)N(c2cc(Cl)cc(N3CCOCC3)n2)C1.Cc1ccc(NC(=O)N2CC[C@@H](CC(F)(F)F)C2)cc1-c1cc(N2CCOCC2)nc(N2C[C@H](C)CC2=O)c1.Cc1ccc(NC(=O)N2CC[C@@H](CC(F)(F)F)C2)cc1B1OC(C)(C)C(C)(C)O1. The zero-order valence-corrected chi connectivity index (χ0v) is 52.0. The summed E-state index contributed by atoms with van der Waals surface area (Å²) >= 11 is 6.20. The standard InChI is InChI=1S/C28H34F3N5O3.C20H28BF3N2O3.C14H18ClN3O2/c1-18-11-26(37)36(16-18)25-13-21(12-24(33-25)34-7-9-39-10-8-34)23-14-22(4-3-19(23)2)32-27(38)35-6-5-20(17-35)15-28(29,30)31;1-13-6-7-15(10-16(13)21-28-18(2,3)19(4,5)29-21)25-17(27)26-9-8-14(12-26)11-20(22,23)24;1-10-6-14(19)18(9-10)13-8-11(15)7-12(16-13)17-2-4-20-5-3-17/h3-4,12-14,18,20H,5-11,15-17H2,1-2H3,(H,32,38);6-7,10,14H,8-9,11-12H2,1-5H3,(H,25,27);7-8,10H,2-6,9H2,1H3/t18-,20+;14-;10-/m101/s1. The number of amides is 6. The van der Waals surface area contributed by atoms with Gasteiger partial charge in [0.1, 0.15) is 23.3 Å². The third kappa shape index (κ3) is 16.9. The number of nitrogens with one attached hydrogen (secondary N) is 2. The van der Waals surface area contributed by atoms with Gasteiger partial charge in [-0.15, -0.1) is 0 Å². The van der Waals surface area contributed by atoms with Gasteiger partial charge in [0.15, 0.2) is 0 Å². The lowest BCUT2D eigenvalue weighted by molar-refractivity contribution is -0.144. The quantitative estimate of drug-likeness (QED) is 0.114. The van der Waals surface area contributed by atoms with Gasteiger partial charge in [-0.2, -0.15) is 26.3 Å². The summed E-state index contributed by atoms with van der Waals surface area (Å²) in [7, 11) is -0.556. The Morgan fingerprint density at radius 2 is 1.02 bits per heavy atom. The first-order valence-corrected chi connectivity index (χ1v) is 30.6. The van der Waals surface area contributed by atoms with Crippen molar-refractivity contribution >= 4 is 82.7 Å². The highest BCUT2D eigenvalue weighted by atomic mass is 35.5. The molecular formula is C62H80BClF6N10O8. The van der Waals surface area contributed by atoms with E-state index in [4.69, 9.17) is 35.4 Å². The maximum atomic E-state index is 12.9. The van der Waals surface area contributed by atoms with Crippen molar-refractivity contribution in [1.82, 2.24) is 19.8 Å². The number of nitrogens with zero attached hydrogens (tertiary/aromatic N) is 8. The van der Waals surface area contributed by atoms with Gasteiger partial charge in [-0.25, -0.2) is 19.6 Å². The highest BCUT2D eigenvalue weighted by Crippen LogP contribution is 2.39. The maximum Gasteiger partial charge on any atom is 0.495 e. The number of alkyl halides is 6. The molecule has 0 saturated carbocycles. The van der Waals surface area contributed by atoms with Crippen LogP contribution in [0.3, 0.4) is 0 Å². The van der Waals surface area contributed by atoms with Crippen LogP contribution < -0.4 is 35.7 Å². The fourth-order valence-electron chi connectivity index (χ4n) is 11.9. The molecule has 6 amide bonds. The molecule has 7 saturated heterocycles. The van der Waals surface area contributed by atoms with E-state index >= 15 is 0 Å². The molecule has 7 aliphatic rings. The van der Waals surface area contributed by atoms with E-state index in [2.05, 4.69) is 32.3 Å². The average Bonchev–Trinajstić information content (AvgIpc) is 2.87. The number of anilines is 6. The van der Waals surface area contributed by atoms with Gasteiger partial charge in [0.05, 0.1) is 37.6 Å². The Morgan fingerprint density at radius 3 is 1.48 bits per heavy atom. The Morgan fingerprint density at radius 1 is 0.602 bits per heavy atom. The Hall–Kier alpha value is -6.41. The van der Waals surface area contributed by atoms with Gasteiger partial charge in [-0.3, -0.25) is 19.4 Å². The van der Waals surface area contributed by atoms with Crippen molar-refractivity contribution in [2.45, 2.75) is 117 Å². The molecular weight excluding hydrogens is 1170 g/mol. The number of urea groups is 2. The summed E-state index contributed by atoms with van der Waals surface area (Å²) in [5.41, 5.74) is 4.66. The van der Waals surface area contributed by atoms with Gasteiger partial charge in [-0.05, 0) is 149 Å². The average molecular weight is 1250 g/mol. The van der Waals surface area contributed by atoms with Crippen molar-refractivity contribution in [3.05, 3.63) is 76.8 Å². The minimum absolute atomic E-state index is 0.0484. The minimum Gasteiger partial charge on any atom is -0.399 e. The van der Waals surface area contributed by atoms with Crippen LogP contribution in [0.25, 0.3) is 11.1 Å². The minimum atomic E-state index is -4.23. The van der Waals surface area contributed by atoms with Crippen molar-refractivity contribution in [3.63, 3.8) is 0 Å². The van der Waals surface area contributed by atoms with Gasteiger partial charge in [0.25, 0.3) is 0 Å². The molecule has 2 aromatic heterocycles. The molecule has 7 aliphatic heterocycles. The number of carbonyl (C=O) groups is 4. The van der Waals surface area contributed by atoms with E-state index in [0.29, 0.717) is 125 Å². The Kier molecular flexibility index (Phi) is 20.5. The molecule has 7 fully saturated rings. The first-order chi connectivity index (χ1) is 41.5. The first kappa shape index (κ1) is 66.0. The number of hydrogen-bond acceptors (Lipinski definition) is 12. The van der Waals surface area contributed by atoms with Crippen LogP contribution >= 0.6 is 11.6 Å². The molecule has 2 aromatic carbocycles. The molecule has 9 heterocycles. The highest BCUT2D eigenvalue weighted by molar-refractivity contribution is 6.62. The molecule has 2 N–H and O–H groups in total. The lowest BCUT2D eigenvalue weighted by atomic mass is 9.76. The number of aromatic nitrogens is 2. The second kappa shape index (κ2) is 27.4. The van der Waals surface area contributed by atoms with Gasteiger partial charge in [-0.1, -0.05) is 43.1 Å². The number of ether oxygens (including phenoxy) is 2. The van der Waals surface area contributed by atoms with Gasteiger partial charge < -0.3 is 49.0 Å². The third-order valence-electron chi connectivity index (χ3n) is 17.4. The van der Waals surface area contributed by atoms with E-state index in [1.54, 1.807) is 34.1 Å². The molecule has 4 atom stereocenters. The number of likely N-dealkylation sites (tertiary alicyclic amines) is 2. The van der Waals surface area contributed by atoms with Crippen molar-refractivity contribution < 1.29 is 64.3 Å². The van der Waals surface area contributed by atoms with Crippen LogP contribution in [0.15, 0.2) is 60.7 Å². The Bertz CT molecular complexity index is 3150. The van der Waals surface area contributed by atoms with E-state index in [0.717, 1.165) is 52.4 Å². The lowest BCUT2D eigenvalue weighted by Gasteiger charge is -2.32. The van der Waals surface area contributed by atoms with Gasteiger partial charge >= 0.3 is 31.5 Å². The van der Waals surface area contributed by atoms with Crippen LogP contribution in [0, 0.1) is 37.5 Å². The molecule has 88 heavy (non-hydrogen) atoms. The summed E-state index contributed by atoms with van der Waals surface area (Å²) in [6.07, 6.45) is -8.40. The molecule has 0 aliphatic carbocycles. The zero-order chi connectivity index (χ0) is 63.5. The Balaban J connectivity index is 0.000000166. The maximum absolute atomic E-state index is 12.9. The number of morpholine rings is 2. The normalized spacial score (nSPS) is 22.9. The van der Waals surface area contributed by atoms with E-state index < -0.39 is 67.4 Å². The van der Waals surface area contributed by atoms with Crippen LogP contribution in [-0.2, 0) is 28.4 Å². The number of benzene rings is 2. The van der Waals surface area contributed by atoms with E-state index in [1.807, 2.05) is 84.9 Å². The van der Waals surface area contributed by atoms with Crippen molar-refractivity contribution in [2.75, 3.05) is 122 Å². The molecule has 0 spiro atoms. The fraction of sp³-hybridized carbons (Fsp3) is 0.581. The molecule has 478 valence electrons. The fourth-order valence-corrected chi connectivity index (χ4v) is 12.1. The van der Waals surface area contributed by atoms with Crippen LogP contribution in [0.2, 0.25) is 5.02 Å². The summed E-state index contributed by atoms with van der Waals surface area (Å²) in [5.74, 6) is 2.52. The summed E-state index contributed by atoms with van der Waals surface area (Å²) in [6.45, 7) is 23.6. The Labute approximate surface area is 516 Å². The van der Waals surface area contributed by atoms with Crippen LogP contribution in [0.4, 0.5) is 70.6 Å². The van der Waals surface area contributed by atoms with E-state index in [9.17, 15) is 45.5 Å². The first-order valence-electron chi connectivity index (χ1n) is 30.2. The van der Waals surface area contributed by atoms with Crippen molar-refractivity contribution in [3.8, 4) is 11.1 Å². The van der Waals surface area contributed by atoms with Crippen LogP contribution in [-0.4, -0.2) is 166 Å².